The first-order valence-corrected chi connectivity index (χ1v) is 15.4. The van der Waals surface area contributed by atoms with Gasteiger partial charge in [0.15, 0.2) is 0 Å². The van der Waals surface area contributed by atoms with Gasteiger partial charge in [0, 0.05) is 0 Å². The van der Waals surface area contributed by atoms with E-state index >= 15 is 0 Å². The summed E-state index contributed by atoms with van der Waals surface area (Å²) in [6.07, 6.45) is 9.09. The number of hydrogen-bond acceptors (Lipinski definition) is 4. The Balaban J connectivity index is 2.78. The molecule has 2 aliphatic heterocycles. The molecule has 0 aliphatic carbocycles. The zero-order chi connectivity index (χ0) is 17.5. The van der Waals surface area contributed by atoms with Crippen LogP contribution in [-0.2, 0) is 20.5 Å². The van der Waals surface area contributed by atoms with E-state index in [2.05, 4.69) is 85.7 Å². The van der Waals surface area contributed by atoms with Gasteiger partial charge in [-0.2, -0.15) is 0 Å². The topological polar surface area (TPSA) is 31.2 Å². The standard InChI is InChI=1S/2C6H8N.2C3H8N.Hf/c2*1-5-3-4-6(2)7-5;2*1-3-4-2;/h2*3-4H,1-2H3;2*3H2,1-2H3;/q;;2*-1;+2. The van der Waals surface area contributed by atoms with Crippen molar-refractivity contribution in [2.24, 2.45) is 9.98 Å². The van der Waals surface area contributed by atoms with Gasteiger partial charge in [-0.25, -0.2) is 0 Å². The molecule has 5 heteroatoms. The summed E-state index contributed by atoms with van der Waals surface area (Å²) in [6.45, 7) is 15.5. The molecule has 0 aromatic heterocycles. The zero-order valence-electron chi connectivity index (χ0n) is 16.0. The summed E-state index contributed by atoms with van der Waals surface area (Å²) in [5.41, 5.74) is 2.27. The molecule has 0 N–H and O–H groups in total. The van der Waals surface area contributed by atoms with Crippen LogP contribution in [-0.4, -0.2) is 51.0 Å². The number of rotatable bonds is 6. The Bertz CT molecular complexity index is 540. The molecular weight excluding hydrogens is 451 g/mol. The van der Waals surface area contributed by atoms with Crippen molar-refractivity contribution in [3.05, 3.63) is 24.3 Å². The second-order valence-electron chi connectivity index (χ2n) is 7.17. The van der Waals surface area contributed by atoms with Gasteiger partial charge in [-0.3, -0.25) is 0 Å². The van der Waals surface area contributed by atoms with E-state index in [4.69, 9.17) is 9.98 Å². The van der Waals surface area contributed by atoms with Crippen LogP contribution in [0.2, 0.25) is 0 Å². The van der Waals surface area contributed by atoms with E-state index in [1.165, 1.54) is 0 Å². The predicted octanol–water partition coefficient (Wildman–Crippen LogP) is 3.37. The molecule has 2 rings (SSSR count). The van der Waals surface area contributed by atoms with E-state index in [1.54, 1.807) is 0 Å². The molecule has 4 nitrogen and oxygen atoms in total. The average molecular weight is 483 g/mol. The Morgan fingerprint density at radius 1 is 0.870 bits per heavy atom. The molecule has 128 valence electrons. The van der Waals surface area contributed by atoms with Crippen molar-refractivity contribution < 1.29 is 20.5 Å². The summed E-state index contributed by atoms with van der Waals surface area (Å²) in [4.78, 5) is 10.3. The first-order valence-electron chi connectivity index (χ1n) is 8.60. The first kappa shape index (κ1) is 18.9. The molecule has 0 radical (unpaired) electrons. The third-order valence-corrected chi connectivity index (χ3v) is 27.9. The molecule has 0 amide bonds. The van der Waals surface area contributed by atoms with Crippen LogP contribution in [0.4, 0.5) is 0 Å². The van der Waals surface area contributed by atoms with Gasteiger partial charge in [-0.15, -0.1) is 0 Å². The Morgan fingerprint density at radius 2 is 1.22 bits per heavy atom. The molecule has 0 saturated carbocycles. The summed E-state index contributed by atoms with van der Waals surface area (Å²) < 4.78 is 4.99. The van der Waals surface area contributed by atoms with Gasteiger partial charge in [0.2, 0.25) is 0 Å². The fourth-order valence-electron chi connectivity index (χ4n) is 4.64. The second kappa shape index (κ2) is 6.49. The Morgan fingerprint density at radius 3 is 1.43 bits per heavy atom. The monoisotopic (exact) mass is 484 g/mol. The van der Waals surface area contributed by atoms with Gasteiger partial charge >= 0.3 is 147 Å². The van der Waals surface area contributed by atoms with Crippen LogP contribution < -0.4 is 0 Å². The summed E-state index contributed by atoms with van der Waals surface area (Å²) in [6, 6.07) is 0. The predicted molar refractivity (Wildman–Crippen MR) is 97.9 cm³/mol. The molecule has 2 aliphatic rings. The van der Waals surface area contributed by atoms with Crippen molar-refractivity contribution in [3.63, 3.8) is 0 Å². The third-order valence-electron chi connectivity index (χ3n) is 5.58. The molecule has 23 heavy (non-hydrogen) atoms. The Hall–Kier alpha value is -0.390. The molecule has 0 aromatic rings. The maximum atomic E-state index is 5.16. The van der Waals surface area contributed by atoms with E-state index in [0.717, 1.165) is 24.5 Å². The van der Waals surface area contributed by atoms with E-state index < -0.39 is 20.5 Å². The minimum atomic E-state index is -3.54. The SMILES string of the molecule is CC[N](C)[Hf]([N](C)CC)([C]1(C)C=CC(C)=N1)[C]1(C)C=CC(C)=N1. The summed E-state index contributed by atoms with van der Waals surface area (Å²) in [5.74, 6) is 0. The Kier molecular flexibility index (Phi) is 5.34. The molecule has 2 atom stereocenters. The normalized spacial score (nSPS) is 30.5. The quantitative estimate of drug-likeness (QED) is 0.544. The maximum absolute atomic E-state index is 5.16. The fourth-order valence-corrected chi connectivity index (χ4v) is 29.5. The van der Waals surface area contributed by atoms with Crippen molar-refractivity contribution in [2.75, 3.05) is 27.2 Å². The van der Waals surface area contributed by atoms with Gasteiger partial charge in [0.25, 0.3) is 0 Å². The Labute approximate surface area is 147 Å². The van der Waals surface area contributed by atoms with Gasteiger partial charge in [0.1, 0.15) is 0 Å². The summed E-state index contributed by atoms with van der Waals surface area (Å²) >= 11 is -3.54. The summed E-state index contributed by atoms with van der Waals surface area (Å²) in [5, 5.41) is 0. The molecule has 0 spiro atoms. The molecule has 0 fully saturated rings. The molecule has 0 aromatic carbocycles. The van der Waals surface area contributed by atoms with Crippen LogP contribution in [0.15, 0.2) is 34.3 Å². The van der Waals surface area contributed by atoms with Crippen LogP contribution >= 0.6 is 0 Å². The number of aliphatic imine (C=N–C) groups is 2. The molecule has 2 heterocycles. The average Bonchev–Trinajstić information content (AvgIpc) is 3.02. The van der Waals surface area contributed by atoms with Crippen molar-refractivity contribution in [2.45, 2.75) is 48.1 Å². The van der Waals surface area contributed by atoms with Crippen LogP contribution in [0.25, 0.3) is 0 Å². The van der Waals surface area contributed by atoms with Crippen molar-refractivity contribution >= 4 is 11.4 Å². The van der Waals surface area contributed by atoms with Gasteiger partial charge in [-0.05, 0) is 0 Å². The van der Waals surface area contributed by atoms with Crippen LogP contribution in [0, 0.1) is 0 Å². The van der Waals surface area contributed by atoms with Gasteiger partial charge < -0.3 is 0 Å². The van der Waals surface area contributed by atoms with Crippen molar-refractivity contribution in [1.82, 2.24) is 5.78 Å². The number of hydrogen-bond donors (Lipinski definition) is 0. The van der Waals surface area contributed by atoms with Crippen molar-refractivity contribution in [3.8, 4) is 0 Å². The van der Waals surface area contributed by atoms with Gasteiger partial charge in [0.05, 0.1) is 0 Å². The fraction of sp³-hybridized carbons (Fsp3) is 0.667. The van der Waals surface area contributed by atoms with Crippen LogP contribution in [0.5, 0.6) is 0 Å². The first-order chi connectivity index (χ1) is 10.7. The second-order valence-corrected chi connectivity index (χ2v) is 24.8. The van der Waals surface area contributed by atoms with Gasteiger partial charge in [-0.1, -0.05) is 0 Å². The third kappa shape index (κ3) is 2.69. The van der Waals surface area contributed by atoms with E-state index in [9.17, 15) is 0 Å². The van der Waals surface area contributed by atoms with Crippen LogP contribution in [0.3, 0.4) is 0 Å². The number of nitrogens with zero attached hydrogens (tertiary/aromatic N) is 4. The van der Waals surface area contributed by atoms with Crippen molar-refractivity contribution in [1.29, 1.82) is 0 Å². The van der Waals surface area contributed by atoms with Crippen LogP contribution in [0.1, 0.15) is 41.5 Å². The zero-order valence-corrected chi connectivity index (χ0v) is 19.6. The molecule has 0 bridgehead atoms. The number of allylic oxidation sites excluding steroid dienone is 2. The van der Waals surface area contributed by atoms with E-state index in [0.29, 0.717) is 0 Å². The van der Waals surface area contributed by atoms with E-state index in [-0.39, 0.29) is 6.59 Å². The molecule has 2 unspecified atom stereocenters. The van der Waals surface area contributed by atoms with E-state index in [1.807, 2.05) is 0 Å². The molecular formula is C18H32HfN4. The minimum absolute atomic E-state index is 0.139. The molecule has 0 saturated heterocycles. The summed E-state index contributed by atoms with van der Waals surface area (Å²) in [7, 11) is 4.58.